The third-order valence-electron chi connectivity index (χ3n) is 8.56. The Hall–Kier alpha value is -2.69. The number of Topliss-reactive ketones (excluding diaryl/α,β-unsaturated/α-hetero) is 1. The maximum atomic E-state index is 13.8. The van der Waals surface area contributed by atoms with Crippen molar-refractivity contribution in [1.82, 2.24) is 9.97 Å². The summed E-state index contributed by atoms with van der Waals surface area (Å²) in [5.74, 6) is 3.90. The van der Waals surface area contributed by atoms with Crippen LogP contribution in [0.4, 0.5) is 0 Å². The van der Waals surface area contributed by atoms with E-state index in [1.807, 2.05) is 12.1 Å². The first-order valence-corrected chi connectivity index (χ1v) is 13.4. The van der Waals surface area contributed by atoms with Crippen LogP contribution in [0.3, 0.4) is 0 Å². The molecular formula is C30H38N4O. The third kappa shape index (κ3) is 5.29. The van der Waals surface area contributed by atoms with Crippen molar-refractivity contribution < 1.29 is 4.79 Å². The smallest absolute Gasteiger partial charge is 0.166 e. The molecule has 5 nitrogen and oxygen atoms in total. The maximum absolute atomic E-state index is 13.8. The quantitative estimate of drug-likeness (QED) is 0.511. The Kier molecular flexibility index (Phi) is 7.22. The van der Waals surface area contributed by atoms with E-state index in [0.717, 1.165) is 60.3 Å². The highest BCUT2D eigenvalue weighted by Crippen LogP contribution is 2.49. The summed E-state index contributed by atoms with van der Waals surface area (Å²) in [4.78, 5) is 32.2. The van der Waals surface area contributed by atoms with Crippen molar-refractivity contribution in [2.24, 2.45) is 33.7 Å². The van der Waals surface area contributed by atoms with Crippen molar-refractivity contribution in [3.63, 3.8) is 0 Å². The van der Waals surface area contributed by atoms with Crippen molar-refractivity contribution in [2.75, 3.05) is 13.1 Å². The van der Waals surface area contributed by atoms with E-state index in [0.29, 0.717) is 24.8 Å². The molecule has 5 rings (SSSR count). The molecular weight excluding hydrogens is 432 g/mol. The summed E-state index contributed by atoms with van der Waals surface area (Å²) in [7, 11) is 0. The van der Waals surface area contributed by atoms with E-state index in [4.69, 9.17) is 9.97 Å². The van der Waals surface area contributed by atoms with Crippen LogP contribution in [0.25, 0.3) is 0 Å². The van der Waals surface area contributed by atoms with E-state index >= 15 is 0 Å². The molecule has 5 heteroatoms. The van der Waals surface area contributed by atoms with E-state index in [2.05, 4.69) is 42.9 Å². The van der Waals surface area contributed by atoms with Gasteiger partial charge in [0.15, 0.2) is 5.78 Å². The maximum Gasteiger partial charge on any atom is 0.166 e. The lowest BCUT2D eigenvalue weighted by Crippen LogP contribution is -2.40. The number of rotatable bonds is 5. The predicted molar refractivity (Wildman–Crippen MR) is 142 cm³/mol. The second-order valence-corrected chi connectivity index (χ2v) is 11.0. The molecule has 0 spiro atoms. The van der Waals surface area contributed by atoms with E-state index in [1.54, 1.807) is 12.4 Å². The van der Waals surface area contributed by atoms with Crippen LogP contribution in [0, 0.1) is 44.4 Å². The van der Waals surface area contributed by atoms with Gasteiger partial charge in [0, 0.05) is 60.7 Å². The first-order valence-electron chi connectivity index (χ1n) is 13.4. The van der Waals surface area contributed by atoms with Crippen molar-refractivity contribution >= 4 is 18.2 Å². The molecule has 1 aromatic carbocycles. The number of carbonyl (C=O) groups is 1. The number of fused-ring (bicyclic) bond motifs is 1. The van der Waals surface area contributed by atoms with Gasteiger partial charge in [0.2, 0.25) is 0 Å². The second-order valence-electron chi connectivity index (χ2n) is 11.0. The van der Waals surface area contributed by atoms with Crippen LogP contribution in [0.15, 0.2) is 34.3 Å². The van der Waals surface area contributed by atoms with Gasteiger partial charge >= 0.3 is 0 Å². The minimum absolute atomic E-state index is 0.135. The van der Waals surface area contributed by atoms with Gasteiger partial charge in [0.05, 0.1) is 0 Å². The van der Waals surface area contributed by atoms with Crippen molar-refractivity contribution in [2.45, 2.75) is 71.6 Å². The summed E-state index contributed by atoms with van der Waals surface area (Å²) in [5.41, 5.74) is 5.42. The molecule has 184 valence electrons. The van der Waals surface area contributed by atoms with Crippen LogP contribution in [-0.2, 0) is 6.42 Å². The molecule has 1 aromatic heterocycles. The fourth-order valence-electron chi connectivity index (χ4n) is 6.88. The number of aryl methyl sites for hydroxylation is 3. The Labute approximate surface area is 209 Å². The number of aromatic nitrogens is 2. The zero-order valence-electron chi connectivity index (χ0n) is 21.4. The summed E-state index contributed by atoms with van der Waals surface area (Å²) in [6.07, 6.45) is 11.4. The van der Waals surface area contributed by atoms with E-state index in [-0.39, 0.29) is 11.8 Å². The molecule has 0 saturated heterocycles. The zero-order valence-corrected chi connectivity index (χ0v) is 21.4. The molecule has 0 bridgehead atoms. The number of nitrogens with zero attached hydrogens (tertiary/aromatic N) is 4. The minimum atomic E-state index is 0.135. The number of benzene rings is 1. The van der Waals surface area contributed by atoms with Gasteiger partial charge in [0.25, 0.3) is 0 Å². The van der Waals surface area contributed by atoms with Gasteiger partial charge in [-0.25, -0.2) is 9.97 Å². The van der Waals surface area contributed by atoms with Crippen molar-refractivity contribution in [1.29, 1.82) is 0 Å². The van der Waals surface area contributed by atoms with Crippen LogP contribution >= 0.6 is 0 Å². The van der Waals surface area contributed by atoms with Gasteiger partial charge in [-0.15, -0.1) is 0 Å². The molecule has 4 unspecified atom stereocenters. The highest BCUT2D eigenvalue weighted by molar-refractivity contribution is 6.16. The Morgan fingerprint density at radius 1 is 0.943 bits per heavy atom. The fourth-order valence-corrected chi connectivity index (χ4v) is 6.88. The monoisotopic (exact) mass is 470 g/mol. The second kappa shape index (κ2) is 10.5. The van der Waals surface area contributed by atoms with Crippen LogP contribution in [0.5, 0.6) is 0 Å². The van der Waals surface area contributed by atoms with Crippen LogP contribution in [-0.4, -0.2) is 41.3 Å². The summed E-state index contributed by atoms with van der Waals surface area (Å²) in [6.45, 7) is 7.65. The van der Waals surface area contributed by atoms with E-state index in [9.17, 15) is 4.79 Å². The molecule has 2 fully saturated rings. The fraction of sp³-hybridized carbons (Fsp3) is 0.567. The Balaban J connectivity index is 1.25. The van der Waals surface area contributed by atoms with Crippen LogP contribution < -0.4 is 0 Å². The lowest BCUT2D eigenvalue weighted by Gasteiger charge is -2.47. The van der Waals surface area contributed by atoms with Crippen molar-refractivity contribution in [3.05, 3.63) is 58.2 Å². The third-order valence-corrected chi connectivity index (χ3v) is 8.56. The summed E-state index contributed by atoms with van der Waals surface area (Å²) in [6, 6.07) is 8.27. The van der Waals surface area contributed by atoms with Gasteiger partial charge in [-0.1, -0.05) is 24.6 Å². The number of ketones is 1. The average molecular weight is 471 g/mol. The van der Waals surface area contributed by atoms with Gasteiger partial charge in [-0.3, -0.25) is 14.8 Å². The molecule has 2 heterocycles. The average Bonchev–Trinajstić information content (AvgIpc) is 3.09. The highest BCUT2D eigenvalue weighted by Gasteiger charge is 2.42. The molecule has 0 radical (unpaired) electrons. The number of hydrogen-bond donors (Lipinski definition) is 0. The topological polar surface area (TPSA) is 67.6 Å². The molecule has 35 heavy (non-hydrogen) atoms. The minimum Gasteiger partial charge on any atom is -0.294 e. The Morgan fingerprint density at radius 3 is 2.43 bits per heavy atom. The number of aliphatic imine (C=N–C) groups is 2. The number of carbonyl (C=O) groups excluding carboxylic acids is 1. The van der Waals surface area contributed by atoms with Gasteiger partial charge in [0.1, 0.15) is 5.82 Å². The molecule has 0 N–H and O–H groups in total. The molecule has 0 amide bonds. The first kappa shape index (κ1) is 24.0. The van der Waals surface area contributed by atoms with Crippen molar-refractivity contribution in [3.8, 4) is 0 Å². The first-order chi connectivity index (χ1) is 17.0. The van der Waals surface area contributed by atoms with Gasteiger partial charge in [-0.05, 0) is 87.8 Å². The lowest BCUT2D eigenvalue weighted by molar-refractivity contribution is 0.0360. The SMILES string of the molecule is Cc1cc(C)nc(CC2CC3CCC(C(=O)c4cccc(C)c4C4CN=CC=NC4)CCCC32)n1. The molecule has 2 aromatic rings. The largest absolute Gasteiger partial charge is 0.294 e. The van der Waals surface area contributed by atoms with E-state index in [1.165, 1.54) is 30.4 Å². The molecule has 3 aliphatic rings. The van der Waals surface area contributed by atoms with Gasteiger partial charge in [-0.2, -0.15) is 0 Å². The summed E-state index contributed by atoms with van der Waals surface area (Å²) < 4.78 is 0. The van der Waals surface area contributed by atoms with E-state index < -0.39 is 0 Å². The summed E-state index contributed by atoms with van der Waals surface area (Å²) in [5, 5.41) is 0. The standard InChI is InChI=1S/C30H38N4O/c1-19-6-4-9-27(29(19)25-17-31-12-13-32-18-25)30(35)22-7-5-8-26-23(11-10-22)15-24(26)16-28-33-20(2)14-21(3)34-28/h4,6,9,12-14,22-26H,5,7-8,10-11,15-18H2,1-3H3. The number of hydrogen-bond acceptors (Lipinski definition) is 5. The Morgan fingerprint density at radius 2 is 1.69 bits per heavy atom. The molecule has 2 aliphatic carbocycles. The normalized spacial score (nSPS) is 26.8. The molecule has 1 aliphatic heterocycles. The van der Waals surface area contributed by atoms with Gasteiger partial charge < -0.3 is 0 Å². The summed E-state index contributed by atoms with van der Waals surface area (Å²) >= 11 is 0. The lowest BCUT2D eigenvalue weighted by atomic mass is 9.58. The molecule has 4 atom stereocenters. The zero-order chi connectivity index (χ0) is 24.4. The Bertz CT molecular complexity index is 1100. The predicted octanol–water partition coefficient (Wildman–Crippen LogP) is 5.90. The van der Waals surface area contributed by atoms with Crippen LogP contribution in [0.2, 0.25) is 0 Å². The highest BCUT2D eigenvalue weighted by atomic mass is 16.1. The molecule has 2 saturated carbocycles. The van der Waals surface area contributed by atoms with Crippen LogP contribution in [0.1, 0.15) is 83.1 Å².